The smallest absolute Gasteiger partial charge is 0.254 e. The topological polar surface area (TPSA) is 94.2 Å². The van der Waals surface area contributed by atoms with Crippen LogP contribution >= 0.6 is 0 Å². The van der Waals surface area contributed by atoms with Gasteiger partial charge in [0.25, 0.3) is 5.91 Å². The van der Waals surface area contributed by atoms with Crippen molar-refractivity contribution in [2.24, 2.45) is 0 Å². The van der Waals surface area contributed by atoms with Gasteiger partial charge in [-0.1, -0.05) is 6.07 Å². The van der Waals surface area contributed by atoms with Gasteiger partial charge in [-0.2, -0.15) is 0 Å². The molecule has 2 rings (SSSR count). The third-order valence-electron chi connectivity index (χ3n) is 4.60. The van der Waals surface area contributed by atoms with Crippen molar-refractivity contribution in [1.82, 2.24) is 9.62 Å². The number of carbonyl (C=O) groups is 1. The zero-order valence-corrected chi connectivity index (χ0v) is 18.7. The van der Waals surface area contributed by atoms with Gasteiger partial charge < -0.3 is 19.1 Å². The molecule has 0 radical (unpaired) electrons. The molecule has 0 atom stereocenters. The van der Waals surface area contributed by atoms with Gasteiger partial charge in [-0.3, -0.25) is 4.79 Å². The number of hydrogen-bond acceptors (Lipinski definition) is 6. The van der Waals surface area contributed by atoms with Crippen molar-refractivity contribution in [2.75, 3.05) is 41.5 Å². The molecule has 0 aliphatic carbocycles. The van der Waals surface area contributed by atoms with E-state index in [1.54, 1.807) is 46.4 Å². The van der Waals surface area contributed by atoms with Gasteiger partial charge >= 0.3 is 0 Å². The first kappa shape index (κ1) is 23.7. The lowest BCUT2D eigenvalue weighted by Crippen LogP contribution is -2.29. The summed E-state index contributed by atoms with van der Waals surface area (Å²) in [5.74, 6) is 0.961. The zero-order chi connectivity index (χ0) is 22.3. The second-order valence-electron chi connectivity index (χ2n) is 6.71. The maximum absolute atomic E-state index is 13.1. The van der Waals surface area contributed by atoms with Crippen LogP contribution in [0.15, 0.2) is 41.3 Å². The Hall–Kier alpha value is -2.62. The van der Waals surface area contributed by atoms with Crippen LogP contribution in [0.2, 0.25) is 0 Å². The number of ether oxygens (including phenoxy) is 3. The van der Waals surface area contributed by atoms with E-state index in [9.17, 15) is 13.2 Å². The highest BCUT2D eigenvalue weighted by Gasteiger charge is 2.21. The molecule has 0 saturated heterocycles. The molecule has 8 nitrogen and oxygen atoms in total. The highest BCUT2D eigenvalue weighted by molar-refractivity contribution is 7.89. The molecule has 0 fully saturated rings. The minimum Gasteiger partial charge on any atom is -0.497 e. The van der Waals surface area contributed by atoms with Crippen molar-refractivity contribution >= 4 is 15.9 Å². The molecule has 1 amide bonds. The average Bonchev–Trinajstić information content (AvgIpc) is 2.73. The van der Waals surface area contributed by atoms with Crippen LogP contribution in [0, 0.1) is 6.92 Å². The highest BCUT2D eigenvalue weighted by atomic mass is 32.2. The Morgan fingerprint density at radius 1 is 1.07 bits per heavy atom. The third-order valence-corrected chi connectivity index (χ3v) is 6.06. The van der Waals surface area contributed by atoms with Gasteiger partial charge in [0, 0.05) is 44.4 Å². The molecule has 9 heteroatoms. The molecule has 0 unspecified atom stereocenters. The summed E-state index contributed by atoms with van der Waals surface area (Å²) in [6.45, 7) is 2.45. The number of rotatable bonds is 10. The summed E-state index contributed by atoms with van der Waals surface area (Å²) in [6, 6.07) is 9.87. The van der Waals surface area contributed by atoms with Crippen molar-refractivity contribution < 1.29 is 27.4 Å². The molecule has 0 saturated carbocycles. The summed E-state index contributed by atoms with van der Waals surface area (Å²) in [5, 5.41) is 0. The van der Waals surface area contributed by atoms with Crippen LogP contribution in [0.3, 0.4) is 0 Å². The first-order valence-electron chi connectivity index (χ1n) is 9.29. The molecule has 0 spiro atoms. The fraction of sp³-hybridized carbons (Fsp3) is 0.381. The van der Waals surface area contributed by atoms with Crippen LogP contribution < -0.4 is 14.2 Å². The lowest BCUT2D eigenvalue weighted by Gasteiger charge is -2.20. The van der Waals surface area contributed by atoms with Crippen molar-refractivity contribution in [1.29, 1.82) is 0 Å². The van der Waals surface area contributed by atoms with Gasteiger partial charge in [0.05, 0.1) is 25.7 Å². The van der Waals surface area contributed by atoms with E-state index >= 15 is 0 Å². The molecule has 30 heavy (non-hydrogen) atoms. The molecular weight excluding hydrogens is 408 g/mol. The quantitative estimate of drug-likeness (QED) is 0.574. The SMILES string of the molecule is COCCNS(=O)(=O)c1ccc(C)c(C(=O)N(C)Cc2ccc(OC)cc2OC)c1. The lowest BCUT2D eigenvalue weighted by molar-refractivity contribution is 0.0783. The van der Waals surface area contributed by atoms with Gasteiger partial charge in [0.1, 0.15) is 11.5 Å². The van der Waals surface area contributed by atoms with E-state index < -0.39 is 10.0 Å². The first-order chi connectivity index (χ1) is 14.2. The fourth-order valence-electron chi connectivity index (χ4n) is 2.88. The van der Waals surface area contributed by atoms with Crippen molar-refractivity contribution in [2.45, 2.75) is 18.4 Å². The number of methoxy groups -OCH3 is 3. The number of aryl methyl sites for hydroxylation is 1. The van der Waals surface area contributed by atoms with Gasteiger partial charge in [0.2, 0.25) is 10.0 Å². The molecule has 0 aromatic heterocycles. The number of hydrogen-bond donors (Lipinski definition) is 1. The van der Waals surface area contributed by atoms with E-state index in [0.29, 0.717) is 22.6 Å². The Kier molecular flexibility index (Phi) is 8.22. The zero-order valence-electron chi connectivity index (χ0n) is 17.9. The Labute approximate surface area is 177 Å². The van der Waals surface area contributed by atoms with E-state index in [0.717, 1.165) is 5.56 Å². The van der Waals surface area contributed by atoms with E-state index in [2.05, 4.69) is 4.72 Å². The largest absolute Gasteiger partial charge is 0.497 e. The Balaban J connectivity index is 2.26. The maximum atomic E-state index is 13.1. The third kappa shape index (κ3) is 5.71. The predicted octanol–water partition coefficient (Wildman–Crippen LogP) is 2.21. The monoisotopic (exact) mass is 436 g/mol. The second kappa shape index (κ2) is 10.4. The number of nitrogens with one attached hydrogen (secondary N) is 1. The standard InChI is InChI=1S/C21H28N2O6S/c1-15-6-9-18(30(25,26)22-10-11-27-3)13-19(15)21(24)23(2)14-16-7-8-17(28-4)12-20(16)29-5/h6-9,12-13,22H,10-11,14H2,1-5H3. The van der Waals surface area contributed by atoms with Crippen molar-refractivity contribution in [3.05, 3.63) is 53.1 Å². The van der Waals surface area contributed by atoms with E-state index in [-0.39, 0.29) is 30.5 Å². The Morgan fingerprint density at radius 3 is 2.43 bits per heavy atom. The second-order valence-corrected chi connectivity index (χ2v) is 8.47. The molecule has 0 aliphatic rings. The summed E-state index contributed by atoms with van der Waals surface area (Å²) in [5.41, 5.74) is 1.81. The molecular formula is C21H28N2O6S. The van der Waals surface area contributed by atoms with Crippen LogP contribution in [0.25, 0.3) is 0 Å². The molecule has 1 N–H and O–H groups in total. The Morgan fingerprint density at radius 2 is 1.80 bits per heavy atom. The predicted molar refractivity (Wildman–Crippen MR) is 114 cm³/mol. The van der Waals surface area contributed by atoms with Crippen molar-refractivity contribution in [3.63, 3.8) is 0 Å². The van der Waals surface area contributed by atoms with E-state index in [4.69, 9.17) is 14.2 Å². The molecule has 0 heterocycles. The highest BCUT2D eigenvalue weighted by Crippen LogP contribution is 2.26. The van der Waals surface area contributed by atoms with E-state index in [1.165, 1.54) is 24.1 Å². The molecule has 2 aromatic carbocycles. The number of nitrogens with zero attached hydrogens (tertiary/aromatic N) is 1. The van der Waals surface area contributed by atoms with Crippen LogP contribution in [-0.2, 0) is 21.3 Å². The van der Waals surface area contributed by atoms with Crippen LogP contribution in [0.5, 0.6) is 11.5 Å². The normalized spacial score (nSPS) is 11.2. The number of sulfonamides is 1. The number of carbonyl (C=O) groups excluding carboxylic acids is 1. The summed E-state index contributed by atoms with van der Waals surface area (Å²) < 4.78 is 42.9. The molecule has 2 aromatic rings. The van der Waals surface area contributed by atoms with E-state index in [1.807, 2.05) is 6.07 Å². The number of benzene rings is 2. The van der Waals surface area contributed by atoms with Gasteiger partial charge in [-0.15, -0.1) is 0 Å². The Bertz CT molecular complexity index is 991. The van der Waals surface area contributed by atoms with Crippen LogP contribution in [-0.4, -0.2) is 60.8 Å². The summed E-state index contributed by atoms with van der Waals surface area (Å²) in [4.78, 5) is 14.6. The van der Waals surface area contributed by atoms with Crippen molar-refractivity contribution in [3.8, 4) is 11.5 Å². The number of amides is 1. The average molecular weight is 437 g/mol. The molecule has 0 aliphatic heterocycles. The minimum atomic E-state index is -3.74. The molecule has 0 bridgehead atoms. The summed E-state index contributed by atoms with van der Waals surface area (Å²) in [6.07, 6.45) is 0. The maximum Gasteiger partial charge on any atom is 0.254 e. The summed E-state index contributed by atoms with van der Waals surface area (Å²) in [7, 11) is 2.52. The lowest BCUT2D eigenvalue weighted by atomic mass is 10.1. The van der Waals surface area contributed by atoms with Crippen LogP contribution in [0.1, 0.15) is 21.5 Å². The first-order valence-corrected chi connectivity index (χ1v) is 10.8. The fourth-order valence-corrected chi connectivity index (χ4v) is 3.91. The minimum absolute atomic E-state index is 0.0305. The van der Waals surface area contributed by atoms with Gasteiger partial charge in [-0.05, 0) is 36.8 Å². The molecule has 164 valence electrons. The van der Waals surface area contributed by atoms with Gasteiger partial charge in [-0.25, -0.2) is 13.1 Å². The van der Waals surface area contributed by atoms with Gasteiger partial charge in [0.15, 0.2) is 0 Å². The van der Waals surface area contributed by atoms with Crippen LogP contribution in [0.4, 0.5) is 0 Å². The summed E-state index contributed by atoms with van der Waals surface area (Å²) >= 11 is 0.